The second-order valence-electron chi connectivity index (χ2n) is 6.28. The molecule has 2 aromatic carbocycles. The van der Waals surface area contributed by atoms with Crippen molar-refractivity contribution in [1.82, 2.24) is 9.55 Å². The summed E-state index contributed by atoms with van der Waals surface area (Å²) in [6.07, 6.45) is 1.55. The lowest BCUT2D eigenvalue weighted by molar-refractivity contribution is 0.401. The lowest BCUT2D eigenvalue weighted by Crippen LogP contribution is -2.30. The first-order chi connectivity index (χ1) is 13.5. The number of ether oxygens (including phenoxy) is 1. The number of benzene rings is 2. The third-order valence-electron chi connectivity index (χ3n) is 4.61. The van der Waals surface area contributed by atoms with E-state index in [1.165, 1.54) is 7.11 Å². The van der Waals surface area contributed by atoms with Crippen LogP contribution in [0.15, 0.2) is 63.1 Å². The van der Waals surface area contributed by atoms with Crippen molar-refractivity contribution in [2.45, 2.75) is 6.92 Å². The molecule has 0 bridgehead atoms. The SMILES string of the molecule is COc1ccccc1-n1c(O)c(/C=C2/C(C)=Nc3ccccc32)c(=O)[nH]c1=O. The van der Waals surface area contributed by atoms with E-state index in [1.54, 1.807) is 30.3 Å². The normalized spacial score (nSPS) is 14.1. The maximum atomic E-state index is 12.5. The first-order valence-electron chi connectivity index (χ1n) is 8.59. The summed E-state index contributed by atoms with van der Waals surface area (Å²) in [6.45, 7) is 1.83. The van der Waals surface area contributed by atoms with Gasteiger partial charge in [-0.15, -0.1) is 0 Å². The second kappa shape index (κ2) is 6.70. The highest BCUT2D eigenvalue weighted by Crippen LogP contribution is 2.36. The minimum absolute atomic E-state index is 0.0354. The molecule has 4 rings (SSSR count). The molecule has 0 saturated heterocycles. The first kappa shape index (κ1) is 17.5. The Morgan fingerprint density at radius 2 is 1.82 bits per heavy atom. The van der Waals surface area contributed by atoms with Crippen LogP contribution in [-0.2, 0) is 0 Å². The summed E-state index contributed by atoms with van der Waals surface area (Å²) in [4.78, 5) is 31.6. The maximum absolute atomic E-state index is 12.5. The molecule has 0 atom stereocenters. The number of para-hydroxylation sites is 3. The Kier molecular flexibility index (Phi) is 4.19. The first-order valence-corrected chi connectivity index (χ1v) is 8.59. The molecule has 1 aromatic heterocycles. The number of aromatic hydroxyl groups is 1. The van der Waals surface area contributed by atoms with Gasteiger partial charge >= 0.3 is 5.69 Å². The highest BCUT2D eigenvalue weighted by molar-refractivity contribution is 6.31. The molecule has 1 aliphatic rings. The number of rotatable bonds is 3. The number of H-pyrrole nitrogens is 1. The van der Waals surface area contributed by atoms with E-state index in [0.717, 1.165) is 21.5 Å². The molecule has 1 aliphatic heterocycles. The lowest BCUT2D eigenvalue weighted by Gasteiger charge is -2.13. The smallest absolute Gasteiger partial charge is 0.335 e. The quantitative estimate of drug-likeness (QED) is 0.736. The van der Waals surface area contributed by atoms with Crippen LogP contribution in [0.3, 0.4) is 0 Å². The summed E-state index contributed by atoms with van der Waals surface area (Å²) in [5, 5.41) is 10.8. The van der Waals surface area contributed by atoms with Crippen molar-refractivity contribution in [2.75, 3.05) is 7.11 Å². The zero-order chi connectivity index (χ0) is 19.8. The number of hydrogen-bond acceptors (Lipinski definition) is 5. The number of aliphatic imine (C=N–C) groups is 1. The summed E-state index contributed by atoms with van der Waals surface area (Å²) in [7, 11) is 1.46. The van der Waals surface area contributed by atoms with Gasteiger partial charge in [-0.2, -0.15) is 0 Å². The third-order valence-corrected chi connectivity index (χ3v) is 4.61. The molecular formula is C21H17N3O4. The van der Waals surface area contributed by atoms with Gasteiger partial charge in [0.25, 0.3) is 5.56 Å². The van der Waals surface area contributed by atoms with Crippen LogP contribution in [0.5, 0.6) is 11.6 Å². The number of methoxy groups -OCH3 is 1. The number of nitrogens with one attached hydrogen (secondary N) is 1. The third kappa shape index (κ3) is 2.73. The van der Waals surface area contributed by atoms with Gasteiger partial charge in [0.05, 0.1) is 18.5 Å². The van der Waals surface area contributed by atoms with E-state index in [-0.39, 0.29) is 5.56 Å². The summed E-state index contributed by atoms with van der Waals surface area (Å²) < 4.78 is 6.29. The average Bonchev–Trinajstić information content (AvgIpc) is 3.00. The van der Waals surface area contributed by atoms with E-state index in [0.29, 0.717) is 17.0 Å². The Balaban J connectivity index is 1.97. The molecule has 7 heteroatoms. The van der Waals surface area contributed by atoms with Gasteiger partial charge in [0.2, 0.25) is 5.88 Å². The predicted octanol–water partition coefficient (Wildman–Crippen LogP) is 2.89. The molecule has 28 heavy (non-hydrogen) atoms. The van der Waals surface area contributed by atoms with Gasteiger partial charge in [0.1, 0.15) is 11.3 Å². The van der Waals surface area contributed by atoms with Gasteiger partial charge in [0, 0.05) is 16.8 Å². The molecule has 0 radical (unpaired) electrons. The van der Waals surface area contributed by atoms with E-state index in [2.05, 4.69) is 9.98 Å². The zero-order valence-corrected chi connectivity index (χ0v) is 15.3. The fourth-order valence-electron chi connectivity index (χ4n) is 3.27. The Morgan fingerprint density at radius 3 is 2.61 bits per heavy atom. The van der Waals surface area contributed by atoms with Crippen LogP contribution in [-0.4, -0.2) is 27.5 Å². The molecule has 0 saturated carbocycles. The molecule has 7 nitrogen and oxygen atoms in total. The van der Waals surface area contributed by atoms with Crippen LogP contribution < -0.4 is 16.0 Å². The van der Waals surface area contributed by atoms with E-state index >= 15 is 0 Å². The van der Waals surface area contributed by atoms with E-state index in [1.807, 2.05) is 31.2 Å². The summed E-state index contributed by atoms with van der Waals surface area (Å²) in [6, 6.07) is 14.3. The Hall–Kier alpha value is -3.87. The lowest BCUT2D eigenvalue weighted by atomic mass is 10.0. The van der Waals surface area contributed by atoms with Crippen LogP contribution in [0.4, 0.5) is 5.69 Å². The van der Waals surface area contributed by atoms with Crippen LogP contribution in [0.25, 0.3) is 17.3 Å². The molecular weight excluding hydrogens is 358 g/mol. The largest absolute Gasteiger partial charge is 0.495 e. The van der Waals surface area contributed by atoms with Crippen LogP contribution >= 0.6 is 0 Å². The zero-order valence-electron chi connectivity index (χ0n) is 15.3. The molecule has 3 aromatic rings. The van der Waals surface area contributed by atoms with Gasteiger partial charge in [-0.1, -0.05) is 30.3 Å². The fourth-order valence-corrected chi connectivity index (χ4v) is 3.27. The van der Waals surface area contributed by atoms with E-state index < -0.39 is 17.1 Å². The maximum Gasteiger partial charge on any atom is 0.335 e. The van der Waals surface area contributed by atoms with Crippen molar-refractivity contribution in [1.29, 1.82) is 0 Å². The monoisotopic (exact) mass is 375 g/mol. The van der Waals surface area contributed by atoms with Gasteiger partial charge in [-0.3, -0.25) is 14.8 Å². The number of hydrogen-bond donors (Lipinski definition) is 2. The minimum atomic E-state index is -0.758. The highest BCUT2D eigenvalue weighted by atomic mass is 16.5. The van der Waals surface area contributed by atoms with Gasteiger partial charge in [0.15, 0.2) is 0 Å². The van der Waals surface area contributed by atoms with Gasteiger partial charge in [-0.25, -0.2) is 9.36 Å². The van der Waals surface area contributed by atoms with Gasteiger partial charge in [-0.05, 0) is 31.2 Å². The molecule has 2 N–H and O–H groups in total. The van der Waals surface area contributed by atoms with Crippen molar-refractivity contribution < 1.29 is 9.84 Å². The standard InChI is InChI=1S/C21H17N3O4/c1-12-14(13-7-3-4-8-16(13)22-12)11-15-19(25)23-21(27)24(20(15)26)17-9-5-6-10-18(17)28-2/h3-11,26H,1-2H3,(H,23,25,27)/b14-11-. The van der Waals surface area contributed by atoms with Crippen LogP contribution in [0.2, 0.25) is 0 Å². The summed E-state index contributed by atoms with van der Waals surface area (Å²) >= 11 is 0. The Bertz CT molecular complexity index is 1270. The van der Waals surface area contributed by atoms with Crippen LogP contribution in [0.1, 0.15) is 18.1 Å². The van der Waals surface area contributed by atoms with Gasteiger partial charge < -0.3 is 9.84 Å². The van der Waals surface area contributed by atoms with Crippen molar-refractivity contribution in [3.8, 4) is 17.3 Å². The number of fused-ring (bicyclic) bond motifs is 1. The fraction of sp³-hybridized carbons (Fsp3) is 0.0952. The molecule has 2 heterocycles. The van der Waals surface area contributed by atoms with E-state index in [9.17, 15) is 14.7 Å². The Labute approximate surface area is 159 Å². The average molecular weight is 375 g/mol. The second-order valence-corrected chi connectivity index (χ2v) is 6.28. The summed E-state index contributed by atoms with van der Waals surface area (Å²) in [5.41, 5.74) is 1.92. The van der Waals surface area contributed by atoms with Crippen molar-refractivity contribution in [3.05, 3.63) is 80.5 Å². The predicted molar refractivity (Wildman–Crippen MR) is 108 cm³/mol. The molecule has 140 valence electrons. The minimum Gasteiger partial charge on any atom is -0.495 e. The molecule has 0 spiro atoms. The molecule has 0 fully saturated rings. The van der Waals surface area contributed by atoms with Crippen molar-refractivity contribution in [2.24, 2.45) is 4.99 Å². The topological polar surface area (TPSA) is 96.7 Å². The Morgan fingerprint density at radius 1 is 1.11 bits per heavy atom. The van der Waals surface area contributed by atoms with E-state index in [4.69, 9.17) is 4.74 Å². The molecule has 0 aliphatic carbocycles. The number of allylic oxidation sites excluding steroid dienone is 1. The highest BCUT2D eigenvalue weighted by Gasteiger charge is 2.21. The number of aromatic amines is 1. The molecule has 0 amide bonds. The number of nitrogens with zero attached hydrogens (tertiary/aromatic N) is 2. The van der Waals surface area contributed by atoms with Crippen LogP contribution in [0, 0.1) is 0 Å². The summed E-state index contributed by atoms with van der Waals surface area (Å²) in [5.74, 6) is -0.0857. The van der Waals surface area contributed by atoms with Crippen molar-refractivity contribution in [3.63, 3.8) is 0 Å². The molecule has 0 unspecified atom stereocenters. The number of aromatic nitrogens is 2. The van der Waals surface area contributed by atoms with Crippen molar-refractivity contribution >= 4 is 23.0 Å².